The summed E-state index contributed by atoms with van der Waals surface area (Å²) in [5.74, 6) is 0.450. The molecule has 0 aromatic heterocycles. The smallest absolute Gasteiger partial charge is 0.242 e. The van der Waals surface area contributed by atoms with Crippen LogP contribution in [0.15, 0.2) is 53.0 Å². The molecule has 2 aromatic carbocycles. The summed E-state index contributed by atoms with van der Waals surface area (Å²) in [6.07, 6.45) is 0.224. The molecule has 0 spiro atoms. The van der Waals surface area contributed by atoms with E-state index in [2.05, 4.69) is 21.2 Å². The third-order valence-corrected chi connectivity index (χ3v) is 4.72. The number of likely N-dealkylation sites (N-methyl/N-ethyl adjacent to an activating group) is 1. The highest BCUT2D eigenvalue weighted by molar-refractivity contribution is 9.10. The van der Waals surface area contributed by atoms with E-state index in [1.165, 1.54) is 0 Å². The second-order valence-electron chi connectivity index (χ2n) is 5.96. The molecule has 0 fully saturated rings. The first-order chi connectivity index (χ1) is 12.4. The van der Waals surface area contributed by atoms with Gasteiger partial charge in [0.25, 0.3) is 0 Å². The Morgan fingerprint density at radius 3 is 2.19 bits per heavy atom. The van der Waals surface area contributed by atoms with E-state index in [0.29, 0.717) is 6.54 Å². The number of carbonyl (C=O) groups excluding carboxylic acids is 2. The van der Waals surface area contributed by atoms with Crippen molar-refractivity contribution in [2.75, 3.05) is 14.2 Å². The van der Waals surface area contributed by atoms with Crippen LogP contribution in [0.3, 0.4) is 0 Å². The minimum absolute atomic E-state index is 0.103. The lowest BCUT2D eigenvalue weighted by atomic mass is 10.1. The molecule has 26 heavy (non-hydrogen) atoms. The van der Waals surface area contributed by atoms with Crippen molar-refractivity contribution in [3.63, 3.8) is 0 Å². The van der Waals surface area contributed by atoms with Gasteiger partial charge in [0.05, 0.1) is 13.5 Å². The van der Waals surface area contributed by atoms with Crippen molar-refractivity contribution < 1.29 is 14.3 Å². The van der Waals surface area contributed by atoms with Gasteiger partial charge in [0.2, 0.25) is 11.8 Å². The van der Waals surface area contributed by atoms with E-state index in [0.717, 1.165) is 21.3 Å². The summed E-state index contributed by atoms with van der Waals surface area (Å²) in [5, 5.41) is 2.62. The Bertz CT molecular complexity index is 745. The van der Waals surface area contributed by atoms with E-state index in [9.17, 15) is 9.59 Å². The van der Waals surface area contributed by atoms with Crippen molar-refractivity contribution in [1.82, 2.24) is 10.2 Å². The maximum absolute atomic E-state index is 12.9. The van der Waals surface area contributed by atoms with Gasteiger partial charge in [0.1, 0.15) is 11.8 Å². The van der Waals surface area contributed by atoms with Crippen LogP contribution in [-0.4, -0.2) is 36.9 Å². The molecule has 0 aliphatic heterocycles. The molecule has 5 nitrogen and oxygen atoms in total. The van der Waals surface area contributed by atoms with E-state index in [4.69, 9.17) is 4.74 Å². The first kappa shape index (κ1) is 20.0. The summed E-state index contributed by atoms with van der Waals surface area (Å²) in [4.78, 5) is 26.6. The number of methoxy groups -OCH3 is 1. The van der Waals surface area contributed by atoms with Crippen molar-refractivity contribution in [3.8, 4) is 5.75 Å². The van der Waals surface area contributed by atoms with E-state index >= 15 is 0 Å². The number of hydrogen-bond acceptors (Lipinski definition) is 3. The van der Waals surface area contributed by atoms with Gasteiger partial charge in [0.15, 0.2) is 0 Å². The Hall–Kier alpha value is -2.34. The second-order valence-corrected chi connectivity index (χ2v) is 6.88. The molecule has 0 aliphatic carbocycles. The monoisotopic (exact) mass is 418 g/mol. The molecular weight excluding hydrogens is 396 g/mol. The minimum Gasteiger partial charge on any atom is -0.497 e. The zero-order valence-corrected chi connectivity index (χ0v) is 16.7. The predicted octanol–water partition coefficient (Wildman–Crippen LogP) is 3.16. The molecule has 2 rings (SSSR count). The SMILES string of the molecule is CNC(=O)[C@@H](C)N(Cc1ccc(Br)cc1)C(=O)Cc1ccc(OC)cc1. The number of rotatable bonds is 7. The molecular formula is C20H23BrN2O3. The van der Waals surface area contributed by atoms with E-state index in [1.54, 1.807) is 26.0 Å². The molecule has 0 radical (unpaired) electrons. The Morgan fingerprint density at radius 1 is 1.08 bits per heavy atom. The van der Waals surface area contributed by atoms with Crippen LogP contribution in [0, 0.1) is 0 Å². The molecule has 0 saturated heterocycles. The highest BCUT2D eigenvalue weighted by atomic mass is 79.9. The van der Waals surface area contributed by atoms with Crippen LogP contribution in [0.1, 0.15) is 18.1 Å². The molecule has 1 N–H and O–H groups in total. The first-order valence-electron chi connectivity index (χ1n) is 8.33. The van der Waals surface area contributed by atoms with Crippen molar-refractivity contribution in [2.24, 2.45) is 0 Å². The largest absolute Gasteiger partial charge is 0.497 e. The molecule has 0 bridgehead atoms. The maximum atomic E-state index is 12.9. The van der Waals surface area contributed by atoms with Crippen LogP contribution in [0.4, 0.5) is 0 Å². The van der Waals surface area contributed by atoms with Gasteiger partial charge in [-0.15, -0.1) is 0 Å². The summed E-state index contributed by atoms with van der Waals surface area (Å²) in [6.45, 7) is 2.11. The van der Waals surface area contributed by atoms with Crippen LogP contribution in [0.2, 0.25) is 0 Å². The molecule has 0 saturated carbocycles. The molecule has 1 atom stereocenters. The average Bonchev–Trinajstić information content (AvgIpc) is 2.66. The lowest BCUT2D eigenvalue weighted by Crippen LogP contribution is -2.47. The third-order valence-electron chi connectivity index (χ3n) is 4.19. The summed E-state index contributed by atoms with van der Waals surface area (Å²) in [5.41, 5.74) is 1.84. The quantitative estimate of drug-likeness (QED) is 0.750. The second kappa shape index (κ2) is 9.38. The van der Waals surface area contributed by atoms with Gasteiger partial charge in [-0.2, -0.15) is 0 Å². The third kappa shape index (κ3) is 5.33. The van der Waals surface area contributed by atoms with Gasteiger partial charge in [-0.1, -0.05) is 40.2 Å². The number of halogens is 1. The Kier molecular flexibility index (Phi) is 7.21. The van der Waals surface area contributed by atoms with E-state index < -0.39 is 6.04 Å². The molecule has 138 valence electrons. The predicted molar refractivity (Wildman–Crippen MR) is 105 cm³/mol. The molecule has 0 aliphatic rings. The Balaban J connectivity index is 2.18. The number of ether oxygens (including phenoxy) is 1. The number of hydrogen-bond donors (Lipinski definition) is 1. The highest BCUT2D eigenvalue weighted by Crippen LogP contribution is 2.17. The van der Waals surface area contributed by atoms with E-state index in [-0.39, 0.29) is 18.2 Å². The lowest BCUT2D eigenvalue weighted by molar-refractivity contribution is -0.139. The zero-order chi connectivity index (χ0) is 19.1. The normalized spacial score (nSPS) is 11.5. The molecule has 2 amide bonds. The number of carbonyl (C=O) groups is 2. The minimum atomic E-state index is -0.561. The molecule has 0 heterocycles. The number of nitrogens with one attached hydrogen (secondary N) is 1. The van der Waals surface area contributed by atoms with Crippen LogP contribution in [-0.2, 0) is 22.6 Å². The van der Waals surface area contributed by atoms with Gasteiger partial charge in [0, 0.05) is 18.1 Å². The molecule has 0 unspecified atom stereocenters. The van der Waals surface area contributed by atoms with Crippen molar-refractivity contribution in [2.45, 2.75) is 25.9 Å². The molecule has 6 heteroatoms. The fourth-order valence-electron chi connectivity index (χ4n) is 2.60. The topological polar surface area (TPSA) is 58.6 Å². The number of benzene rings is 2. The Morgan fingerprint density at radius 2 is 1.65 bits per heavy atom. The van der Waals surface area contributed by atoms with E-state index in [1.807, 2.05) is 48.5 Å². The summed E-state index contributed by atoms with van der Waals surface area (Å²) in [6, 6.07) is 14.5. The van der Waals surface area contributed by atoms with Crippen molar-refractivity contribution >= 4 is 27.7 Å². The van der Waals surface area contributed by atoms with Gasteiger partial charge in [-0.05, 0) is 42.3 Å². The highest BCUT2D eigenvalue weighted by Gasteiger charge is 2.25. The van der Waals surface area contributed by atoms with Crippen LogP contribution in [0.5, 0.6) is 5.75 Å². The standard InChI is InChI=1S/C20H23BrN2O3/c1-14(20(25)22-2)23(13-16-4-8-17(21)9-5-16)19(24)12-15-6-10-18(26-3)11-7-15/h4-11,14H,12-13H2,1-3H3,(H,22,25)/t14-/m1/s1. The van der Waals surface area contributed by atoms with Crippen LogP contribution in [0.25, 0.3) is 0 Å². The fraction of sp³-hybridized carbons (Fsp3) is 0.300. The zero-order valence-electron chi connectivity index (χ0n) is 15.2. The summed E-state index contributed by atoms with van der Waals surface area (Å²) in [7, 11) is 3.18. The first-order valence-corrected chi connectivity index (χ1v) is 9.12. The summed E-state index contributed by atoms with van der Waals surface area (Å²) < 4.78 is 6.11. The fourth-order valence-corrected chi connectivity index (χ4v) is 2.86. The van der Waals surface area contributed by atoms with Gasteiger partial charge < -0.3 is 15.0 Å². The van der Waals surface area contributed by atoms with Crippen molar-refractivity contribution in [3.05, 3.63) is 64.1 Å². The lowest BCUT2D eigenvalue weighted by Gasteiger charge is -2.28. The van der Waals surface area contributed by atoms with Gasteiger partial charge in [-0.3, -0.25) is 9.59 Å². The Labute approximate surface area is 162 Å². The van der Waals surface area contributed by atoms with Gasteiger partial charge >= 0.3 is 0 Å². The maximum Gasteiger partial charge on any atom is 0.242 e. The average molecular weight is 419 g/mol. The summed E-state index contributed by atoms with van der Waals surface area (Å²) >= 11 is 3.41. The number of nitrogens with zero attached hydrogens (tertiary/aromatic N) is 1. The van der Waals surface area contributed by atoms with Crippen LogP contribution >= 0.6 is 15.9 Å². The van der Waals surface area contributed by atoms with Crippen molar-refractivity contribution in [1.29, 1.82) is 0 Å². The van der Waals surface area contributed by atoms with Gasteiger partial charge in [-0.25, -0.2) is 0 Å². The molecule has 2 aromatic rings. The van der Waals surface area contributed by atoms with Crippen LogP contribution < -0.4 is 10.1 Å². The number of amides is 2.